The Hall–Kier alpha value is -2.86. The number of hydroxylamine groups is 1. The van der Waals surface area contributed by atoms with Crippen LogP contribution in [-0.2, 0) is 14.4 Å². The summed E-state index contributed by atoms with van der Waals surface area (Å²) in [4.78, 5) is 33.2. The molecular formula is C20H20N2O4. The first-order valence-corrected chi connectivity index (χ1v) is 8.68. The molecule has 2 saturated heterocycles. The molecule has 2 amide bonds. The quantitative estimate of drug-likeness (QED) is 0.792. The molecule has 2 aromatic carbocycles. The fraction of sp³-hybridized carbons (Fsp3) is 0.300. The third-order valence-corrected chi connectivity index (χ3v) is 5.00. The molecule has 2 aliphatic heterocycles. The van der Waals surface area contributed by atoms with Crippen LogP contribution >= 0.6 is 0 Å². The predicted molar refractivity (Wildman–Crippen MR) is 96.9 cm³/mol. The molecule has 0 aromatic heterocycles. The van der Waals surface area contributed by atoms with Crippen molar-refractivity contribution in [2.45, 2.75) is 25.5 Å². The lowest BCUT2D eigenvalue weighted by Gasteiger charge is -2.27. The van der Waals surface area contributed by atoms with Gasteiger partial charge in [-0.2, -0.15) is 0 Å². The van der Waals surface area contributed by atoms with E-state index in [-0.39, 0.29) is 17.9 Å². The second-order valence-corrected chi connectivity index (χ2v) is 6.40. The minimum Gasteiger partial charge on any atom is -0.497 e. The van der Waals surface area contributed by atoms with E-state index in [1.165, 1.54) is 4.90 Å². The van der Waals surface area contributed by atoms with Gasteiger partial charge in [0.05, 0.1) is 30.4 Å². The summed E-state index contributed by atoms with van der Waals surface area (Å²) in [7, 11) is 1.57. The van der Waals surface area contributed by atoms with E-state index >= 15 is 0 Å². The highest BCUT2D eigenvalue weighted by molar-refractivity contribution is 6.23. The van der Waals surface area contributed by atoms with Crippen molar-refractivity contribution in [1.29, 1.82) is 0 Å². The molecule has 0 N–H and O–H groups in total. The average molecular weight is 352 g/mol. The van der Waals surface area contributed by atoms with E-state index < -0.39 is 12.0 Å². The number of fused-ring (bicyclic) bond motifs is 1. The number of benzene rings is 2. The number of rotatable bonds is 4. The zero-order valence-electron chi connectivity index (χ0n) is 14.7. The summed E-state index contributed by atoms with van der Waals surface area (Å²) in [6.07, 6.45) is -0.0827. The number of hydrogen-bond donors (Lipinski definition) is 0. The van der Waals surface area contributed by atoms with E-state index in [1.807, 2.05) is 37.3 Å². The zero-order chi connectivity index (χ0) is 18.3. The number of carbonyl (C=O) groups is 2. The van der Waals surface area contributed by atoms with E-state index in [4.69, 9.17) is 9.57 Å². The van der Waals surface area contributed by atoms with Crippen molar-refractivity contribution in [3.8, 4) is 5.75 Å². The molecule has 0 aliphatic carbocycles. The second-order valence-electron chi connectivity index (χ2n) is 6.40. The summed E-state index contributed by atoms with van der Waals surface area (Å²) >= 11 is 0. The minimum atomic E-state index is -0.783. The van der Waals surface area contributed by atoms with Crippen molar-refractivity contribution in [3.63, 3.8) is 0 Å². The zero-order valence-corrected chi connectivity index (χ0v) is 14.7. The van der Waals surface area contributed by atoms with E-state index in [9.17, 15) is 9.59 Å². The van der Waals surface area contributed by atoms with Crippen LogP contribution in [0.5, 0.6) is 5.75 Å². The SMILES string of the molecule is CC[C@H]1[C@H]2C(=O)N(c3ccc(OC)cc3)C(=O)[C@@H]2ON1c1ccccc1. The van der Waals surface area contributed by atoms with Crippen LogP contribution in [0.2, 0.25) is 0 Å². The Kier molecular flexibility index (Phi) is 4.12. The Balaban J connectivity index is 1.64. The number of methoxy groups -OCH3 is 1. The van der Waals surface area contributed by atoms with Crippen LogP contribution in [0.1, 0.15) is 13.3 Å². The Morgan fingerprint density at radius 2 is 1.65 bits per heavy atom. The molecule has 3 atom stereocenters. The maximum absolute atomic E-state index is 13.1. The van der Waals surface area contributed by atoms with Crippen LogP contribution in [-0.4, -0.2) is 31.1 Å². The summed E-state index contributed by atoms with van der Waals surface area (Å²) in [5.74, 6) is -0.363. The first kappa shape index (κ1) is 16.6. The fourth-order valence-corrected chi connectivity index (χ4v) is 3.72. The predicted octanol–water partition coefficient (Wildman–Crippen LogP) is 2.78. The fourth-order valence-electron chi connectivity index (χ4n) is 3.72. The van der Waals surface area contributed by atoms with Gasteiger partial charge in [-0.3, -0.25) is 14.4 Å². The summed E-state index contributed by atoms with van der Waals surface area (Å²) in [5.41, 5.74) is 1.39. The number of ether oxygens (including phenoxy) is 1. The molecular weight excluding hydrogens is 332 g/mol. The molecule has 6 heteroatoms. The van der Waals surface area contributed by atoms with Gasteiger partial charge in [0, 0.05) is 0 Å². The van der Waals surface area contributed by atoms with Gasteiger partial charge in [0.2, 0.25) is 5.91 Å². The van der Waals surface area contributed by atoms with Crippen molar-refractivity contribution in [3.05, 3.63) is 54.6 Å². The normalized spacial score (nSPS) is 24.9. The standard InChI is InChI=1S/C20H20N2O4/c1-3-16-17-18(26-22(16)14-7-5-4-6-8-14)20(24)21(19(17)23)13-9-11-15(25-2)12-10-13/h4-12,16-18H,3H2,1-2H3/t16-,17+,18+/m0/s1. The maximum atomic E-state index is 13.1. The maximum Gasteiger partial charge on any atom is 0.266 e. The van der Waals surface area contributed by atoms with Gasteiger partial charge in [-0.05, 0) is 42.8 Å². The Morgan fingerprint density at radius 3 is 2.27 bits per heavy atom. The molecule has 2 aromatic rings. The van der Waals surface area contributed by atoms with Crippen LogP contribution < -0.4 is 14.7 Å². The topological polar surface area (TPSA) is 59.1 Å². The summed E-state index contributed by atoms with van der Waals surface area (Å²) < 4.78 is 5.14. The second kappa shape index (κ2) is 6.46. The molecule has 0 radical (unpaired) electrons. The molecule has 26 heavy (non-hydrogen) atoms. The van der Waals surface area contributed by atoms with Gasteiger partial charge in [0.1, 0.15) is 5.75 Å². The van der Waals surface area contributed by atoms with Gasteiger partial charge in [0.25, 0.3) is 5.91 Å². The summed E-state index contributed by atoms with van der Waals surface area (Å²) in [6.45, 7) is 2.00. The number of hydrogen-bond acceptors (Lipinski definition) is 5. The number of nitrogens with zero attached hydrogens (tertiary/aromatic N) is 2. The molecule has 0 bridgehead atoms. The summed E-state index contributed by atoms with van der Waals surface area (Å²) in [6, 6.07) is 16.3. The van der Waals surface area contributed by atoms with Gasteiger partial charge < -0.3 is 4.74 Å². The van der Waals surface area contributed by atoms with Gasteiger partial charge in [-0.25, -0.2) is 9.96 Å². The van der Waals surface area contributed by atoms with Crippen LogP contribution in [0.3, 0.4) is 0 Å². The van der Waals surface area contributed by atoms with E-state index in [1.54, 1.807) is 36.4 Å². The van der Waals surface area contributed by atoms with Gasteiger partial charge in [-0.15, -0.1) is 0 Å². The summed E-state index contributed by atoms with van der Waals surface area (Å²) in [5, 5.41) is 1.72. The van der Waals surface area contributed by atoms with Crippen LogP contribution in [0.25, 0.3) is 0 Å². The lowest BCUT2D eigenvalue weighted by atomic mass is 9.94. The highest BCUT2D eigenvalue weighted by atomic mass is 16.7. The largest absolute Gasteiger partial charge is 0.497 e. The lowest BCUT2D eigenvalue weighted by molar-refractivity contribution is -0.126. The van der Waals surface area contributed by atoms with Crippen molar-refractivity contribution in [1.82, 2.24) is 0 Å². The van der Waals surface area contributed by atoms with Crippen LogP contribution in [0, 0.1) is 5.92 Å². The van der Waals surface area contributed by atoms with E-state index in [2.05, 4.69) is 0 Å². The lowest BCUT2D eigenvalue weighted by Crippen LogP contribution is -2.40. The highest BCUT2D eigenvalue weighted by Gasteiger charge is 2.59. The van der Waals surface area contributed by atoms with Crippen LogP contribution in [0.4, 0.5) is 11.4 Å². The molecule has 2 fully saturated rings. The molecule has 0 unspecified atom stereocenters. The van der Waals surface area contributed by atoms with Crippen molar-refractivity contribution < 1.29 is 19.2 Å². The first-order chi connectivity index (χ1) is 12.7. The number of imide groups is 1. The molecule has 6 nitrogen and oxygen atoms in total. The molecule has 2 aliphatic rings. The van der Waals surface area contributed by atoms with E-state index in [0.717, 1.165) is 5.69 Å². The monoisotopic (exact) mass is 352 g/mol. The van der Waals surface area contributed by atoms with E-state index in [0.29, 0.717) is 17.9 Å². The van der Waals surface area contributed by atoms with Gasteiger partial charge in [0.15, 0.2) is 6.10 Å². The highest BCUT2D eigenvalue weighted by Crippen LogP contribution is 2.41. The van der Waals surface area contributed by atoms with Gasteiger partial charge in [-0.1, -0.05) is 25.1 Å². The average Bonchev–Trinajstić information content (AvgIpc) is 3.19. The number of carbonyl (C=O) groups excluding carboxylic acids is 2. The Labute approximate surface area is 151 Å². The van der Waals surface area contributed by atoms with Gasteiger partial charge >= 0.3 is 0 Å². The third-order valence-electron chi connectivity index (χ3n) is 5.00. The van der Waals surface area contributed by atoms with Crippen LogP contribution in [0.15, 0.2) is 54.6 Å². The van der Waals surface area contributed by atoms with Crippen molar-refractivity contribution in [2.24, 2.45) is 5.92 Å². The number of anilines is 2. The van der Waals surface area contributed by atoms with Crippen molar-refractivity contribution >= 4 is 23.2 Å². The third kappa shape index (κ3) is 2.45. The molecule has 2 heterocycles. The molecule has 0 spiro atoms. The first-order valence-electron chi connectivity index (χ1n) is 8.68. The minimum absolute atomic E-state index is 0.179. The van der Waals surface area contributed by atoms with Crippen molar-refractivity contribution in [2.75, 3.05) is 17.1 Å². The number of amides is 2. The smallest absolute Gasteiger partial charge is 0.266 e. The molecule has 0 saturated carbocycles. The Bertz CT molecular complexity index is 821. The molecule has 4 rings (SSSR count). The number of para-hydroxylation sites is 1. The Morgan fingerprint density at radius 1 is 0.962 bits per heavy atom. The molecule has 134 valence electrons.